The molecule has 5 heteroatoms. The Kier molecular flexibility index (Phi) is 2.64. The lowest BCUT2D eigenvalue weighted by Crippen LogP contribution is -1.94. The van der Waals surface area contributed by atoms with Gasteiger partial charge in [-0.2, -0.15) is 0 Å². The average Bonchev–Trinajstić information content (AvgIpc) is 2.90. The lowest BCUT2D eigenvalue weighted by atomic mass is 10.2. The van der Waals surface area contributed by atoms with Crippen molar-refractivity contribution < 1.29 is 4.74 Å². The molecule has 2 aromatic heterocycles. The molecule has 0 aliphatic carbocycles. The van der Waals surface area contributed by atoms with E-state index in [4.69, 9.17) is 16.3 Å². The van der Waals surface area contributed by atoms with E-state index in [0.29, 0.717) is 5.15 Å². The standard InChI is InChI=1S/C13H10ClN3O/c1-18-9-2-3-10-11(6-9)16-13(14)7-12(10)17-5-4-15-8-17/h2-8H,1H3. The molecule has 3 rings (SSSR count). The molecule has 0 aliphatic heterocycles. The van der Waals surface area contributed by atoms with E-state index >= 15 is 0 Å². The van der Waals surface area contributed by atoms with Crippen LogP contribution in [0.3, 0.4) is 0 Å². The van der Waals surface area contributed by atoms with Gasteiger partial charge in [0.15, 0.2) is 0 Å². The van der Waals surface area contributed by atoms with Gasteiger partial charge < -0.3 is 9.30 Å². The number of hydrogen-bond donors (Lipinski definition) is 0. The van der Waals surface area contributed by atoms with Crippen LogP contribution in [0.2, 0.25) is 5.15 Å². The normalized spacial score (nSPS) is 10.8. The fourth-order valence-electron chi connectivity index (χ4n) is 1.90. The van der Waals surface area contributed by atoms with Crippen LogP contribution < -0.4 is 4.74 Å². The zero-order valence-corrected chi connectivity index (χ0v) is 10.4. The molecule has 0 radical (unpaired) electrons. The lowest BCUT2D eigenvalue weighted by molar-refractivity contribution is 0.415. The van der Waals surface area contributed by atoms with E-state index in [1.165, 1.54) is 0 Å². The molecule has 4 nitrogen and oxygen atoms in total. The summed E-state index contributed by atoms with van der Waals surface area (Å²) < 4.78 is 7.10. The van der Waals surface area contributed by atoms with Crippen LogP contribution >= 0.6 is 11.6 Å². The molecule has 1 aromatic carbocycles. The first-order valence-electron chi connectivity index (χ1n) is 5.40. The Labute approximate surface area is 109 Å². The molecule has 0 bridgehead atoms. The van der Waals surface area contributed by atoms with E-state index in [9.17, 15) is 0 Å². The molecule has 0 unspecified atom stereocenters. The number of aromatic nitrogens is 3. The molecule has 0 saturated heterocycles. The predicted molar refractivity (Wildman–Crippen MR) is 70.4 cm³/mol. The van der Waals surface area contributed by atoms with Gasteiger partial charge in [-0.15, -0.1) is 0 Å². The Hall–Kier alpha value is -2.07. The minimum Gasteiger partial charge on any atom is -0.497 e. The Morgan fingerprint density at radius 3 is 2.89 bits per heavy atom. The Morgan fingerprint density at radius 1 is 1.28 bits per heavy atom. The number of rotatable bonds is 2. The largest absolute Gasteiger partial charge is 0.497 e. The van der Waals surface area contributed by atoms with Crippen LogP contribution in [-0.4, -0.2) is 21.6 Å². The first-order chi connectivity index (χ1) is 8.78. The third kappa shape index (κ3) is 1.80. The third-order valence-electron chi connectivity index (χ3n) is 2.75. The summed E-state index contributed by atoms with van der Waals surface area (Å²) in [6.07, 6.45) is 5.33. The first-order valence-corrected chi connectivity index (χ1v) is 5.78. The minimum absolute atomic E-state index is 0.444. The number of pyridine rings is 1. The number of halogens is 1. The summed E-state index contributed by atoms with van der Waals surface area (Å²) in [6.45, 7) is 0. The molecule has 90 valence electrons. The van der Waals surface area contributed by atoms with E-state index < -0.39 is 0 Å². The van der Waals surface area contributed by atoms with E-state index in [0.717, 1.165) is 22.3 Å². The Bertz CT molecular complexity index is 695. The van der Waals surface area contributed by atoms with Gasteiger partial charge in [-0.3, -0.25) is 0 Å². The number of imidazole rings is 1. The highest BCUT2D eigenvalue weighted by Gasteiger charge is 2.07. The van der Waals surface area contributed by atoms with Gasteiger partial charge in [-0.25, -0.2) is 9.97 Å². The van der Waals surface area contributed by atoms with E-state index in [2.05, 4.69) is 9.97 Å². The molecule has 3 aromatic rings. The van der Waals surface area contributed by atoms with E-state index in [1.807, 2.05) is 35.0 Å². The first kappa shape index (κ1) is 11.0. The number of ether oxygens (including phenoxy) is 1. The molecule has 0 amide bonds. The summed E-state index contributed by atoms with van der Waals surface area (Å²) >= 11 is 6.05. The van der Waals surface area contributed by atoms with Gasteiger partial charge in [0.25, 0.3) is 0 Å². The fraction of sp³-hybridized carbons (Fsp3) is 0.0769. The quantitative estimate of drug-likeness (QED) is 0.664. The number of nitrogens with zero attached hydrogens (tertiary/aromatic N) is 3. The zero-order chi connectivity index (χ0) is 12.5. The summed E-state index contributed by atoms with van der Waals surface area (Å²) in [5.74, 6) is 0.758. The van der Waals surface area contributed by atoms with Gasteiger partial charge in [0.2, 0.25) is 0 Å². The van der Waals surface area contributed by atoms with Crippen LogP contribution in [0, 0.1) is 0 Å². The lowest BCUT2D eigenvalue weighted by Gasteiger charge is -2.09. The molecular formula is C13H10ClN3O. The summed E-state index contributed by atoms with van der Waals surface area (Å²) in [5.41, 5.74) is 1.75. The second kappa shape index (κ2) is 4.31. The number of fused-ring (bicyclic) bond motifs is 1. The number of benzene rings is 1. The topological polar surface area (TPSA) is 39.9 Å². The molecule has 0 aliphatic rings. The van der Waals surface area contributed by atoms with Crippen molar-refractivity contribution in [2.75, 3.05) is 7.11 Å². The van der Waals surface area contributed by atoms with Crippen molar-refractivity contribution >= 4 is 22.5 Å². The van der Waals surface area contributed by atoms with Crippen LogP contribution in [0.25, 0.3) is 16.6 Å². The molecule has 0 spiro atoms. The van der Waals surface area contributed by atoms with Crippen molar-refractivity contribution in [1.29, 1.82) is 0 Å². The smallest absolute Gasteiger partial charge is 0.131 e. The SMILES string of the molecule is COc1ccc2c(-n3ccnc3)cc(Cl)nc2c1. The second-order valence-electron chi connectivity index (χ2n) is 3.82. The second-order valence-corrected chi connectivity index (χ2v) is 4.20. The highest BCUT2D eigenvalue weighted by molar-refractivity contribution is 6.30. The van der Waals surface area contributed by atoms with E-state index in [1.54, 1.807) is 19.6 Å². The maximum Gasteiger partial charge on any atom is 0.131 e. The van der Waals surface area contributed by atoms with Crippen molar-refractivity contribution in [3.63, 3.8) is 0 Å². The van der Waals surface area contributed by atoms with Gasteiger partial charge >= 0.3 is 0 Å². The highest BCUT2D eigenvalue weighted by Crippen LogP contribution is 2.27. The van der Waals surface area contributed by atoms with E-state index in [-0.39, 0.29) is 0 Å². The van der Waals surface area contributed by atoms with Crippen molar-refractivity contribution in [1.82, 2.24) is 14.5 Å². The van der Waals surface area contributed by atoms with Gasteiger partial charge in [-0.1, -0.05) is 11.6 Å². The van der Waals surface area contributed by atoms with Gasteiger partial charge in [0, 0.05) is 29.9 Å². The van der Waals surface area contributed by atoms with Crippen LogP contribution in [0.4, 0.5) is 0 Å². The molecular weight excluding hydrogens is 250 g/mol. The zero-order valence-electron chi connectivity index (χ0n) is 9.67. The maximum absolute atomic E-state index is 6.05. The highest BCUT2D eigenvalue weighted by atomic mass is 35.5. The van der Waals surface area contributed by atoms with Crippen LogP contribution in [-0.2, 0) is 0 Å². The fourth-order valence-corrected chi connectivity index (χ4v) is 2.10. The predicted octanol–water partition coefficient (Wildman–Crippen LogP) is 3.08. The summed E-state index contributed by atoms with van der Waals surface area (Å²) in [7, 11) is 1.63. The number of methoxy groups -OCH3 is 1. The monoisotopic (exact) mass is 259 g/mol. The van der Waals surface area contributed by atoms with Gasteiger partial charge in [-0.05, 0) is 12.1 Å². The molecule has 0 fully saturated rings. The van der Waals surface area contributed by atoms with Crippen molar-refractivity contribution in [3.8, 4) is 11.4 Å². The van der Waals surface area contributed by atoms with Crippen LogP contribution in [0.1, 0.15) is 0 Å². The van der Waals surface area contributed by atoms with Crippen LogP contribution in [0.5, 0.6) is 5.75 Å². The molecule has 0 N–H and O–H groups in total. The van der Waals surface area contributed by atoms with Crippen molar-refractivity contribution in [2.45, 2.75) is 0 Å². The molecule has 0 saturated carbocycles. The Balaban J connectivity index is 2.31. The van der Waals surface area contributed by atoms with Crippen molar-refractivity contribution in [2.24, 2.45) is 0 Å². The van der Waals surface area contributed by atoms with Gasteiger partial charge in [0.1, 0.15) is 10.9 Å². The average molecular weight is 260 g/mol. The molecule has 2 heterocycles. The summed E-state index contributed by atoms with van der Waals surface area (Å²) in [6, 6.07) is 7.55. The molecule has 18 heavy (non-hydrogen) atoms. The Morgan fingerprint density at radius 2 is 2.17 bits per heavy atom. The minimum atomic E-state index is 0.444. The summed E-state index contributed by atoms with van der Waals surface area (Å²) in [4.78, 5) is 8.35. The van der Waals surface area contributed by atoms with Crippen molar-refractivity contribution in [3.05, 3.63) is 48.1 Å². The third-order valence-corrected chi connectivity index (χ3v) is 2.94. The maximum atomic E-state index is 6.05. The molecule has 0 atom stereocenters. The summed E-state index contributed by atoms with van der Waals surface area (Å²) in [5, 5.41) is 1.44. The van der Waals surface area contributed by atoms with Crippen LogP contribution in [0.15, 0.2) is 43.0 Å². The number of hydrogen-bond acceptors (Lipinski definition) is 3. The van der Waals surface area contributed by atoms with Gasteiger partial charge in [0.05, 0.1) is 24.6 Å².